The molecule has 0 aliphatic heterocycles. The third kappa shape index (κ3) is 4.23. The maximum atomic E-state index is 11.5. The van der Waals surface area contributed by atoms with Gasteiger partial charge in [-0.2, -0.15) is 0 Å². The van der Waals surface area contributed by atoms with Crippen LogP contribution < -0.4 is 5.56 Å². The van der Waals surface area contributed by atoms with Gasteiger partial charge in [0.2, 0.25) is 0 Å². The normalized spacial score (nSPS) is 12.3. The van der Waals surface area contributed by atoms with E-state index in [-0.39, 0.29) is 22.2 Å². The molecule has 0 aliphatic rings. The van der Waals surface area contributed by atoms with Crippen molar-refractivity contribution in [3.05, 3.63) is 67.9 Å². The van der Waals surface area contributed by atoms with Gasteiger partial charge in [0.25, 0.3) is 11.2 Å². The number of likely N-dealkylation sites (N-methyl/N-ethyl adjacent to an activating group) is 1. The van der Waals surface area contributed by atoms with Crippen LogP contribution in [0, 0.1) is 17.0 Å². The first-order valence-electron chi connectivity index (χ1n) is 7.39. The van der Waals surface area contributed by atoms with Crippen LogP contribution in [0.3, 0.4) is 0 Å². The average Bonchev–Trinajstić information content (AvgIpc) is 2.51. The van der Waals surface area contributed by atoms with Crippen LogP contribution in [0.15, 0.2) is 35.1 Å². The number of nitro benzene ring substituents is 1. The molecule has 0 aliphatic carbocycles. The van der Waals surface area contributed by atoms with Gasteiger partial charge in [-0.3, -0.25) is 19.8 Å². The largest absolute Gasteiger partial charge is 0.309 e. The molecule has 1 heterocycles. The molecule has 0 radical (unpaired) electrons. The Hall–Kier alpha value is -2.54. The van der Waals surface area contributed by atoms with Gasteiger partial charge in [-0.25, -0.2) is 4.98 Å². The fourth-order valence-electron chi connectivity index (χ4n) is 2.40. The van der Waals surface area contributed by atoms with Crippen molar-refractivity contribution in [3.63, 3.8) is 0 Å². The van der Waals surface area contributed by atoms with Gasteiger partial charge >= 0.3 is 0 Å². The second-order valence-electron chi connectivity index (χ2n) is 5.56. The average molecular weight is 316 g/mol. The van der Waals surface area contributed by atoms with E-state index in [4.69, 9.17) is 0 Å². The first kappa shape index (κ1) is 16.8. The summed E-state index contributed by atoms with van der Waals surface area (Å²) in [5.74, 6) is 0.597. The summed E-state index contributed by atoms with van der Waals surface area (Å²) >= 11 is 0. The monoisotopic (exact) mass is 316 g/mol. The summed E-state index contributed by atoms with van der Waals surface area (Å²) in [6, 6.07) is 8.09. The van der Waals surface area contributed by atoms with Gasteiger partial charge in [-0.05, 0) is 27.3 Å². The van der Waals surface area contributed by atoms with Crippen LogP contribution in [0.5, 0.6) is 0 Å². The van der Waals surface area contributed by atoms with Gasteiger partial charge in [0.05, 0.1) is 11.0 Å². The lowest BCUT2D eigenvalue weighted by Crippen LogP contribution is -2.28. The third-order valence-electron chi connectivity index (χ3n) is 3.87. The van der Waals surface area contributed by atoms with Gasteiger partial charge in [0, 0.05) is 29.9 Å². The van der Waals surface area contributed by atoms with Gasteiger partial charge < -0.3 is 4.98 Å². The van der Waals surface area contributed by atoms with Crippen molar-refractivity contribution in [1.82, 2.24) is 14.9 Å². The number of nitrogens with one attached hydrogen (secondary N) is 1. The fraction of sp³-hybridized carbons (Fsp3) is 0.375. The zero-order valence-electron chi connectivity index (χ0n) is 13.4. The predicted molar refractivity (Wildman–Crippen MR) is 87.4 cm³/mol. The molecule has 0 saturated heterocycles. The van der Waals surface area contributed by atoms with E-state index >= 15 is 0 Å². The summed E-state index contributed by atoms with van der Waals surface area (Å²) in [5.41, 5.74) is 1.33. The first-order valence-corrected chi connectivity index (χ1v) is 7.39. The molecule has 1 N–H and O–H groups in total. The molecule has 0 bridgehead atoms. The number of nitrogens with zero attached hydrogens (tertiary/aromatic N) is 3. The molecular weight excluding hydrogens is 296 g/mol. The Balaban J connectivity index is 2.09. The Morgan fingerprint density at radius 3 is 2.74 bits per heavy atom. The number of hydrogen-bond acceptors (Lipinski definition) is 5. The number of rotatable bonds is 6. The Morgan fingerprint density at radius 1 is 1.39 bits per heavy atom. The summed E-state index contributed by atoms with van der Waals surface area (Å²) in [4.78, 5) is 31.3. The zero-order valence-corrected chi connectivity index (χ0v) is 13.4. The molecule has 0 fully saturated rings. The van der Waals surface area contributed by atoms with Crippen LogP contribution in [0.1, 0.15) is 30.0 Å². The van der Waals surface area contributed by atoms with Crippen molar-refractivity contribution < 1.29 is 4.92 Å². The van der Waals surface area contributed by atoms with Crippen molar-refractivity contribution >= 4 is 5.69 Å². The van der Waals surface area contributed by atoms with Crippen molar-refractivity contribution in [2.45, 2.75) is 26.3 Å². The minimum atomic E-state index is -0.363. The topological polar surface area (TPSA) is 92.1 Å². The van der Waals surface area contributed by atoms with Crippen LogP contribution in [-0.4, -0.2) is 33.4 Å². The number of aromatic amines is 1. The van der Waals surface area contributed by atoms with Crippen molar-refractivity contribution in [2.75, 3.05) is 13.6 Å². The molecule has 1 aromatic carbocycles. The van der Waals surface area contributed by atoms with Crippen LogP contribution in [0.2, 0.25) is 0 Å². The smallest absolute Gasteiger partial charge is 0.272 e. The Kier molecular flexibility index (Phi) is 5.23. The Labute approximate surface area is 134 Å². The van der Waals surface area contributed by atoms with E-state index in [2.05, 4.69) is 9.97 Å². The van der Waals surface area contributed by atoms with E-state index in [1.54, 1.807) is 25.1 Å². The molecule has 7 nitrogen and oxygen atoms in total. The molecule has 122 valence electrons. The summed E-state index contributed by atoms with van der Waals surface area (Å²) < 4.78 is 0. The number of benzene rings is 1. The molecule has 0 spiro atoms. The van der Waals surface area contributed by atoms with Crippen molar-refractivity contribution in [1.29, 1.82) is 0 Å². The number of H-pyrrole nitrogens is 1. The van der Waals surface area contributed by atoms with Gasteiger partial charge in [-0.1, -0.05) is 18.2 Å². The highest BCUT2D eigenvalue weighted by Gasteiger charge is 2.17. The minimum Gasteiger partial charge on any atom is -0.309 e. The fourth-order valence-corrected chi connectivity index (χ4v) is 2.40. The Morgan fingerprint density at radius 2 is 2.09 bits per heavy atom. The second-order valence-corrected chi connectivity index (χ2v) is 5.56. The SMILES string of the molecule is Cc1cc(=O)[nH]c(C(C)N(C)CCc2ccccc2[N+](=O)[O-])n1. The van der Waals surface area contributed by atoms with Crippen molar-refractivity contribution in [3.8, 4) is 0 Å². The van der Waals surface area contributed by atoms with Crippen LogP contribution in [0.4, 0.5) is 5.69 Å². The summed E-state index contributed by atoms with van der Waals surface area (Å²) in [7, 11) is 1.90. The minimum absolute atomic E-state index is 0.0923. The quantitative estimate of drug-likeness (QED) is 0.651. The lowest BCUT2D eigenvalue weighted by Gasteiger charge is -2.23. The van der Waals surface area contributed by atoms with E-state index in [0.717, 1.165) is 0 Å². The highest BCUT2D eigenvalue weighted by molar-refractivity contribution is 5.39. The molecule has 23 heavy (non-hydrogen) atoms. The molecule has 2 aromatic rings. The highest BCUT2D eigenvalue weighted by atomic mass is 16.6. The highest BCUT2D eigenvalue weighted by Crippen LogP contribution is 2.20. The summed E-state index contributed by atoms with van der Waals surface area (Å²) in [6.45, 7) is 4.33. The number of hydrogen-bond donors (Lipinski definition) is 1. The summed E-state index contributed by atoms with van der Waals surface area (Å²) in [5, 5.41) is 11.0. The molecule has 0 amide bonds. The second kappa shape index (κ2) is 7.15. The molecular formula is C16H20N4O3. The lowest BCUT2D eigenvalue weighted by atomic mass is 10.1. The van der Waals surface area contributed by atoms with Gasteiger partial charge in [0.1, 0.15) is 5.82 Å². The van der Waals surface area contributed by atoms with Gasteiger partial charge in [-0.15, -0.1) is 0 Å². The molecule has 1 aromatic heterocycles. The van der Waals surface area contributed by atoms with E-state index in [9.17, 15) is 14.9 Å². The standard InChI is InChI=1S/C16H20N4O3/c1-11-10-15(21)18-16(17-11)12(2)19(3)9-8-13-6-4-5-7-14(13)20(22)23/h4-7,10,12H,8-9H2,1-3H3,(H,17,18,21). The van der Waals surface area contributed by atoms with E-state index in [0.29, 0.717) is 30.0 Å². The number of nitro groups is 1. The molecule has 1 atom stereocenters. The lowest BCUT2D eigenvalue weighted by molar-refractivity contribution is -0.385. The maximum Gasteiger partial charge on any atom is 0.272 e. The Bertz CT molecular complexity index is 757. The molecule has 2 rings (SSSR count). The van der Waals surface area contributed by atoms with Crippen LogP contribution >= 0.6 is 0 Å². The first-order chi connectivity index (χ1) is 10.9. The van der Waals surface area contributed by atoms with E-state index in [1.807, 2.05) is 18.9 Å². The molecule has 7 heteroatoms. The van der Waals surface area contributed by atoms with Crippen LogP contribution in [-0.2, 0) is 6.42 Å². The zero-order chi connectivity index (χ0) is 17.0. The molecule has 0 saturated carbocycles. The number of aromatic nitrogens is 2. The maximum absolute atomic E-state index is 11.5. The predicted octanol–water partition coefficient (Wildman–Crippen LogP) is 2.22. The molecule has 1 unspecified atom stereocenters. The number of aryl methyl sites for hydroxylation is 1. The van der Waals surface area contributed by atoms with E-state index < -0.39 is 0 Å². The number of para-hydroxylation sites is 1. The van der Waals surface area contributed by atoms with Crippen molar-refractivity contribution in [2.24, 2.45) is 0 Å². The van der Waals surface area contributed by atoms with E-state index in [1.165, 1.54) is 12.1 Å². The van der Waals surface area contributed by atoms with Crippen LogP contribution in [0.25, 0.3) is 0 Å². The third-order valence-corrected chi connectivity index (χ3v) is 3.87. The summed E-state index contributed by atoms with van der Waals surface area (Å²) in [6.07, 6.45) is 0.550. The van der Waals surface area contributed by atoms with Gasteiger partial charge in [0.15, 0.2) is 0 Å².